The van der Waals surface area contributed by atoms with E-state index in [2.05, 4.69) is 5.32 Å². The van der Waals surface area contributed by atoms with Crippen LogP contribution in [0.25, 0.3) is 0 Å². The smallest absolute Gasteiger partial charge is 0.0741 e. The van der Waals surface area contributed by atoms with E-state index in [4.69, 9.17) is 11.6 Å². The third-order valence-electron chi connectivity index (χ3n) is 2.94. The molecule has 0 unspecified atom stereocenters. The molecule has 3 heteroatoms. The highest BCUT2D eigenvalue weighted by atomic mass is 35.5. The quantitative estimate of drug-likeness (QED) is 0.811. The maximum Gasteiger partial charge on any atom is 0.0741 e. The van der Waals surface area contributed by atoms with Crippen molar-refractivity contribution in [2.75, 3.05) is 5.32 Å². The molecule has 0 heterocycles. The van der Waals surface area contributed by atoms with Gasteiger partial charge in [-0.05, 0) is 25.0 Å². The first-order valence-electron chi connectivity index (χ1n) is 5.46. The second kappa shape index (κ2) is 4.86. The van der Waals surface area contributed by atoms with Crippen molar-refractivity contribution >= 4 is 17.3 Å². The third kappa shape index (κ3) is 2.64. The van der Waals surface area contributed by atoms with Crippen molar-refractivity contribution in [3.63, 3.8) is 0 Å². The Bertz CT molecular complexity index is 329. The number of halogens is 1. The molecule has 2 rings (SSSR count). The Morgan fingerprint density at radius 3 is 2.67 bits per heavy atom. The number of benzene rings is 1. The van der Waals surface area contributed by atoms with Gasteiger partial charge in [0.1, 0.15) is 0 Å². The van der Waals surface area contributed by atoms with Gasteiger partial charge in [0.15, 0.2) is 0 Å². The highest BCUT2D eigenvalue weighted by Gasteiger charge is 2.22. The molecule has 0 aliphatic heterocycles. The lowest BCUT2D eigenvalue weighted by atomic mass is 9.92. The van der Waals surface area contributed by atoms with Crippen molar-refractivity contribution in [1.29, 1.82) is 0 Å². The Morgan fingerprint density at radius 1 is 1.20 bits per heavy atom. The fourth-order valence-corrected chi connectivity index (χ4v) is 2.25. The summed E-state index contributed by atoms with van der Waals surface area (Å²) in [6, 6.07) is 7.82. The van der Waals surface area contributed by atoms with Crippen LogP contribution in [0.15, 0.2) is 24.3 Å². The van der Waals surface area contributed by atoms with E-state index >= 15 is 0 Å². The van der Waals surface area contributed by atoms with E-state index in [1.165, 1.54) is 6.42 Å². The predicted molar refractivity (Wildman–Crippen MR) is 63.3 cm³/mol. The molecule has 2 nitrogen and oxygen atoms in total. The standard InChI is InChI=1S/C12H16ClNO/c13-9-5-1-2-6-10(9)14-11-7-3-4-8-12(11)15/h1-2,5-6,11-12,14-15H,3-4,7-8H2/t11-,12-/m0/s1. The van der Waals surface area contributed by atoms with Gasteiger partial charge in [0.2, 0.25) is 0 Å². The number of hydrogen-bond donors (Lipinski definition) is 2. The van der Waals surface area contributed by atoms with Gasteiger partial charge < -0.3 is 10.4 Å². The summed E-state index contributed by atoms with van der Waals surface area (Å²) in [6.07, 6.45) is 3.98. The molecule has 2 N–H and O–H groups in total. The SMILES string of the molecule is O[C@H]1CCCC[C@@H]1Nc1ccccc1Cl. The predicted octanol–water partition coefficient (Wildman–Crippen LogP) is 3.06. The Morgan fingerprint density at radius 2 is 1.93 bits per heavy atom. The first kappa shape index (κ1) is 10.8. The van der Waals surface area contributed by atoms with Crippen LogP contribution in [-0.4, -0.2) is 17.3 Å². The minimum atomic E-state index is -0.241. The summed E-state index contributed by atoms with van der Waals surface area (Å²) < 4.78 is 0. The summed E-state index contributed by atoms with van der Waals surface area (Å²) in [7, 11) is 0. The average molecular weight is 226 g/mol. The fraction of sp³-hybridized carbons (Fsp3) is 0.500. The van der Waals surface area contributed by atoms with Crippen molar-refractivity contribution in [3.8, 4) is 0 Å². The number of anilines is 1. The van der Waals surface area contributed by atoms with Gasteiger partial charge in [0.25, 0.3) is 0 Å². The summed E-state index contributed by atoms with van der Waals surface area (Å²) >= 11 is 6.05. The molecular formula is C12H16ClNO. The number of hydrogen-bond acceptors (Lipinski definition) is 2. The molecule has 1 aliphatic carbocycles. The first-order valence-corrected chi connectivity index (χ1v) is 5.84. The highest BCUT2D eigenvalue weighted by molar-refractivity contribution is 6.33. The lowest BCUT2D eigenvalue weighted by Gasteiger charge is -2.29. The van der Waals surface area contributed by atoms with Crippen molar-refractivity contribution in [3.05, 3.63) is 29.3 Å². The molecular weight excluding hydrogens is 210 g/mol. The lowest BCUT2D eigenvalue weighted by Crippen LogP contribution is -2.36. The summed E-state index contributed by atoms with van der Waals surface area (Å²) in [5.41, 5.74) is 0.921. The molecule has 0 aromatic heterocycles. The molecule has 0 saturated heterocycles. The molecule has 15 heavy (non-hydrogen) atoms. The van der Waals surface area contributed by atoms with E-state index in [0.29, 0.717) is 0 Å². The molecule has 0 bridgehead atoms. The summed E-state index contributed by atoms with van der Waals surface area (Å²) in [4.78, 5) is 0. The van der Waals surface area contributed by atoms with E-state index < -0.39 is 0 Å². The van der Waals surface area contributed by atoms with E-state index in [1.807, 2.05) is 24.3 Å². The van der Waals surface area contributed by atoms with Gasteiger partial charge in [0, 0.05) is 0 Å². The molecule has 0 spiro atoms. The zero-order valence-corrected chi connectivity index (χ0v) is 9.37. The number of aliphatic hydroxyl groups excluding tert-OH is 1. The molecule has 1 fully saturated rings. The normalized spacial score (nSPS) is 26.3. The average Bonchev–Trinajstić information content (AvgIpc) is 2.24. The van der Waals surface area contributed by atoms with Crippen molar-refractivity contribution in [2.45, 2.75) is 37.8 Å². The molecule has 1 aromatic carbocycles. The molecule has 0 amide bonds. The van der Waals surface area contributed by atoms with Crippen LogP contribution in [0.5, 0.6) is 0 Å². The lowest BCUT2D eigenvalue weighted by molar-refractivity contribution is 0.116. The Kier molecular flexibility index (Phi) is 3.49. The van der Waals surface area contributed by atoms with Crippen molar-refractivity contribution in [2.24, 2.45) is 0 Å². The molecule has 0 radical (unpaired) electrons. The molecule has 1 aromatic rings. The Balaban J connectivity index is 2.04. The number of rotatable bonds is 2. The zero-order valence-electron chi connectivity index (χ0n) is 8.62. The molecule has 1 saturated carbocycles. The maximum atomic E-state index is 9.82. The van der Waals surface area contributed by atoms with Crippen LogP contribution in [0.1, 0.15) is 25.7 Å². The van der Waals surface area contributed by atoms with E-state index in [0.717, 1.165) is 30.0 Å². The fourth-order valence-electron chi connectivity index (χ4n) is 2.06. The van der Waals surface area contributed by atoms with Crippen LogP contribution in [-0.2, 0) is 0 Å². The van der Waals surface area contributed by atoms with E-state index in [9.17, 15) is 5.11 Å². The second-order valence-electron chi connectivity index (χ2n) is 4.08. The van der Waals surface area contributed by atoms with Gasteiger partial charge in [-0.3, -0.25) is 0 Å². The monoisotopic (exact) mass is 225 g/mol. The number of aliphatic hydroxyl groups is 1. The van der Waals surface area contributed by atoms with E-state index in [-0.39, 0.29) is 12.1 Å². The molecule has 82 valence electrons. The topological polar surface area (TPSA) is 32.3 Å². The Hall–Kier alpha value is -0.730. The zero-order chi connectivity index (χ0) is 10.7. The minimum Gasteiger partial charge on any atom is -0.391 e. The largest absolute Gasteiger partial charge is 0.391 e. The van der Waals surface area contributed by atoms with Gasteiger partial charge in [-0.2, -0.15) is 0 Å². The minimum absolute atomic E-state index is 0.152. The molecule has 2 atom stereocenters. The van der Waals surface area contributed by atoms with Crippen molar-refractivity contribution < 1.29 is 5.11 Å². The van der Waals surface area contributed by atoms with E-state index in [1.54, 1.807) is 0 Å². The van der Waals surface area contributed by atoms with Crippen molar-refractivity contribution in [1.82, 2.24) is 0 Å². The van der Waals surface area contributed by atoms with Crippen LogP contribution >= 0.6 is 11.6 Å². The third-order valence-corrected chi connectivity index (χ3v) is 3.27. The summed E-state index contributed by atoms with van der Waals surface area (Å²) in [5, 5.41) is 13.9. The van der Waals surface area contributed by atoms with Crippen LogP contribution in [0, 0.1) is 0 Å². The highest BCUT2D eigenvalue weighted by Crippen LogP contribution is 2.26. The first-order chi connectivity index (χ1) is 7.27. The van der Waals surface area contributed by atoms with Crippen LogP contribution < -0.4 is 5.32 Å². The summed E-state index contributed by atoms with van der Waals surface area (Å²) in [6.45, 7) is 0. The molecule has 1 aliphatic rings. The number of para-hydroxylation sites is 1. The Labute approximate surface area is 95.3 Å². The maximum absolute atomic E-state index is 9.82. The summed E-state index contributed by atoms with van der Waals surface area (Å²) in [5.74, 6) is 0. The van der Waals surface area contributed by atoms with Gasteiger partial charge in [0.05, 0.1) is 22.9 Å². The van der Waals surface area contributed by atoms with Gasteiger partial charge in [-0.25, -0.2) is 0 Å². The van der Waals surface area contributed by atoms with Crippen LogP contribution in [0.3, 0.4) is 0 Å². The van der Waals surface area contributed by atoms with Gasteiger partial charge in [-0.15, -0.1) is 0 Å². The van der Waals surface area contributed by atoms with Crippen LogP contribution in [0.2, 0.25) is 5.02 Å². The van der Waals surface area contributed by atoms with Crippen LogP contribution in [0.4, 0.5) is 5.69 Å². The number of nitrogens with one attached hydrogen (secondary N) is 1. The second-order valence-corrected chi connectivity index (χ2v) is 4.49. The van der Waals surface area contributed by atoms with Gasteiger partial charge >= 0.3 is 0 Å². The van der Waals surface area contributed by atoms with Gasteiger partial charge in [-0.1, -0.05) is 36.6 Å².